The molecule has 0 fully saturated rings. The molecule has 0 N–H and O–H groups in total. The number of para-hydroxylation sites is 1. The molecule has 0 unspecified atom stereocenters. The van der Waals surface area contributed by atoms with Gasteiger partial charge < -0.3 is 9.47 Å². The first-order valence-corrected chi connectivity index (χ1v) is 36.6. The van der Waals surface area contributed by atoms with E-state index < -0.39 is 0 Å². The summed E-state index contributed by atoms with van der Waals surface area (Å²) in [5.74, 6) is 22.7. The second kappa shape index (κ2) is 28.3. The maximum absolute atomic E-state index is 6.26. The maximum Gasteiger partial charge on any atom is 0.0541 e. The minimum atomic E-state index is -0.344. The summed E-state index contributed by atoms with van der Waals surface area (Å²) in [4.78, 5) is 2.38. The molecule has 0 bridgehead atoms. The lowest BCUT2D eigenvalue weighted by atomic mass is 9.81. The molecule has 0 amide bonds. The van der Waals surface area contributed by atoms with Crippen molar-refractivity contribution in [2.45, 2.75) is 19.3 Å². The number of rotatable bonds is 13. The molecule has 17 rings (SSSR count). The number of benzene rings is 15. The molecule has 0 atom stereocenters. The van der Waals surface area contributed by atoms with Gasteiger partial charge in [-0.3, -0.25) is 0 Å². The van der Waals surface area contributed by atoms with Gasteiger partial charge in [0.2, 0.25) is 0 Å². The van der Waals surface area contributed by atoms with Crippen molar-refractivity contribution in [1.82, 2.24) is 4.57 Å². The molecule has 0 saturated heterocycles. The molecule has 0 aliphatic heterocycles. The van der Waals surface area contributed by atoms with Gasteiger partial charge in [-0.15, -0.1) is 51.4 Å². The average Bonchev–Trinajstić information content (AvgIpc) is 1.58. The maximum atomic E-state index is 6.26. The highest BCUT2D eigenvalue weighted by molar-refractivity contribution is 6.11. The van der Waals surface area contributed by atoms with Crippen LogP contribution in [0.5, 0.6) is 0 Å². The summed E-state index contributed by atoms with van der Waals surface area (Å²) in [7, 11) is 0. The Morgan fingerprint density at radius 3 is 1.24 bits per heavy atom. The van der Waals surface area contributed by atoms with Crippen LogP contribution in [0.4, 0.5) is 17.1 Å². The molecule has 1 heterocycles. The lowest BCUT2D eigenvalue weighted by Gasteiger charge is -2.28. The van der Waals surface area contributed by atoms with Crippen LogP contribution in [-0.4, -0.2) is 4.57 Å². The summed E-state index contributed by atoms with van der Waals surface area (Å²) in [5, 5.41) is 2.30. The van der Waals surface area contributed by atoms with Crippen LogP contribution in [0.1, 0.15) is 69.5 Å². The number of nitrogens with zero attached hydrogens (tertiary/aromatic N) is 2. The molecule has 1 aliphatic carbocycles. The molecule has 2 nitrogen and oxygen atoms in total. The Hall–Kier alpha value is -15.6. The highest BCUT2D eigenvalue weighted by Gasteiger charge is 2.37. The Labute approximate surface area is 650 Å². The average molecular weight is 1400 g/mol. The van der Waals surface area contributed by atoms with E-state index in [1.165, 1.54) is 22.3 Å². The Kier molecular flexibility index (Phi) is 17.5. The summed E-state index contributed by atoms with van der Waals surface area (Å²) < 4.78 is 2.36. The molecule has 2 heteroatoms. The van der Waals surface area contributed by atoms with Crippen LogP contribution in [0, 0.1) is 98.8 Å². The Morgan fingerprint density at radius 2 is 0.640 bits per heavy atom. The standard InChI is InChI=1S/C109H66N2/c1-11-71-31-26-39-94(90(71)15-5)97-60-52-84(67-102(97)96-41-28-33-73(13-3)92(96)17-7)82-36-25-37-88(66-82)111-106-42-23-22-38-100(106)103-68-83(54-64-107(103)111)78-49-57-87(58-50-78)110(86-55-47-76(48-56-86)75-29-20-19-21-30-75)89-59-63-99-98-61-53-85(69-104(98)109(9,10)105(99)70-89)81-35-24-34-80(65-81)77-43-45-79(46-44-77)108-93(18-8)74(14-4)51-62-101(108)95-40-27-32-72(12-2)91(95)16-6/h1-8,19-70H,9-10H3. The second-order valence-corrected chi connectivity index (χ2v) is 28.2. The van der Waals surface area contributed by atoms with Gasteiger partial charge in [0.05, 0.1) is 11.0 Å². The highest BCUT2D eigenvalue weighted by Crippen LogP contribution is 2.53. The summed E-state index contributed by atoms with van der Waals surface area (Å²) in [5.41, 5.74) is 33.8. The van der Waals surface area contributed by atoms with Gasteiger partial charge in [-0.2, -0.15) is 0 Å². The van der Waals surface area contributed by atoms with Gasteiger partial charge >= 0.3 is 0 Å². The summed E-state index contributed by atoms with van der Waals surface area (Å²) in [6, 6.07) is 111. The highest BCUT2D eigenvalue weighted by atomic mass is 15.1. The molecule has 0 radical (unpaired) electrons. The zero-order valence-corrected chi connectivity index (χ0v) is 61.0. The van der Waals surface area contributed by atoms with Crippen molar-refractivity contribution >= 4 is 38.9 Å². The first-order chi connectivity index (χ1) is 54.4. The van der Waals surface area contributed by atoms with Crippen LogP contribution in [0.15, 0.2) is 315 Å². The molecule has 1 aliphatic rings. The van der Waals surface area contributed by atoms with Gasteiger partial charge in [0, 0.05) is 89.0 Å². The number of fused-ring (bicyclic) bond motifs is 6. The molecule has 0 saturated carbocycles. The summed E-state index contributed by atoms with van der Waals surface area (Å²) in [6.07, 6.45) is 48.8. The van der Waals surface area contributed by atoms with Gasteiger partial charge in [0.25, 0.3) is 0 Å². The number of hydrogen-bond acceptors (Lipinski definition) is 1. The van der Waals surface area contributed by atoms with Crippen LogP contribution < -0.4 is 4.90 Å². The lowest BCUT2D eigenvalue weighted by Crippen LogP contribution is -2.16. The molecule has 512 valence electrons. The molecule has 16 aromatic rings. The predicted octanol–water partition coefficient (Wildman–Crippen LogP) is 25.4. The van der Waals surface area contributed by atoms with E-state index >= 15 is 0 Å². The Morgan fingerprint density at radius 1 is 0.243 bits per heavy atom. The molecule has 111 heavy (non-hydrogen) atoms. The zero-order valence-electron chi connectivity index (χ0n) is 61.0. The van der Waals surface area contributed by atoms with E-state index in [4.69, 9.17) is 51.4 Å². The van der Waals surface area contributed by atoms with E-state index in [-0.39, 0.29) is 5.41 Å². The van der Waals surface area contributed by atoms with Crippen LogP contribution in [0.25, 0.3) is 139 Å². The number of hydrogen-bond donors (Lipinski definition) is 0. The van der Waals surface area contributed by atoms with Crippen molar-refractivity contribution in [3.63, 3.8) is 0 Å². The van der Waals surface area contributed by atoms with Crippen molar-refractivity contribution in [2.24, 2.45) is 0 Å². The van der Waals surface area contributed by atoms with E-state index in [9.17, 15) is 0 Å². The fourth-order valence-electron chi connectivity index (χ4n) is 16.4. The van der Waals surface area contributed by atoms with Crippen LogP contribution in [0.2, 0.25) is 0 Å². The number of terminal acetylenes is 8. The fourth-order valence-corrected chi connectivity index (χ4v) is 16.4. The fraction of sp³-hybridized carbons (Fsp3) is 0.0275. The predicted molar refractivity (Wildman–Crippen MR) is 465 cm³/mol. The molecule has 1 aromatic heterocycles. The van der Waals surface area contributed by atoms with Crippen molar-refractivity contribution in [3.8, 4) is 216 Å². The smallest absolute Gasteiger partial charge is 0.0541 e. The summed E-state index contributed by atoms with van der Waals surface area (Å²) >= 11 is 0. The topological polar surface area (TPSA) is 8.17 Å². The Balaban J connectivity index is 0.687. The van der Waals surface area contributed by atoms with Gasteiger partial charge in [-0.05, 0) is 226 Å². The third kappa shape index (κ3) is 11.9. The molecule has 0 spiro atoms. The monoisotopic (exact) mass is 1400 g/mol. The number of anilines is 3. The van der Waals surface area contributed by atoms with Crippen molar-refractivity contribution in [2.75, 3.05) is 4.90 Å². The third-order valence-corrected chi connectivity index (χ3v) is 21.9. The van der Waals surface area contributed by atoms with E-state index in [1.54, 1.807) is 0 Å². The van der Waals surface area contributed by atoms with Crippen LogP contribution in [0.3, 0.4) is 0 Å². The summed E-state index contributed by atoms with van der Waals surface area (Å²) in [6.45, 7) is 4.71. The molecular formula is C109H66N2. The SMILES string of the molecule is C#Cc1cccc(-c2ccc(-c3cccc(-n4c5ccccc5c5cc(-c6ccc(N(c7ccc(-c8ccccc8)cc7)c7ccc8c(c7)C(C)(C)c7cc(-c9cccc(-c%10ccc(-c%11c(-c%12cccc(C#C)c%12C#C)ccc(C#C)c%11C#C)cc%10)c9)ccc7-8)cc6)ccc54)c3)cc2-c2cccc(C#C)c2C#C)c1C#C. The van der Waals surface area contributed by atoms with Gasteiger partial charge in [0.15, 0.2) is 0 Å². The largest absolute Gasteiger partial charge is 0.310 e. The lowest BCUT2D eigenvalue weighted by molar-refractivity contribution is 0.660. The van der Waals surface area contributed by atoms with E-state index in [1.807, 2.05) is 66.7 Å². The molecular weight excluding hydrogens is 1340 g/mol. The second-order valence-electron chi connectivity index (χ2n) is 28.2. The van der Waals surface area contributed by atoms with E-state index in [0.717, 1.165) is 145 Å². The van der Waals surface area contributed by atoms with Gasteiger partial charge in [-0.25, -0.2) is 0 Å². The zero-order chi connectivity index (χ0) is 76.0. The van der Waals surface area contributed by atoms with Crippen molar-refractivity contribution < 1.29 is 0 Å². The third-order valence-electron chi connectivity index (χ3n) is 21.9. The minimum Gasteiger partial charge on any atom is -0.310 e. The van der Waals surface area contributed by atoms with Gasteiger partial charge in [0.1, 0.15) is 0 Å². The van der Waals surface area contributed by atoms with Crippen LogP contribution >= 0.6 is 0 Å². The van der Waals surface area contributed by atoms with Crippen molar-refractivity contribution in [1.29, 1.82) is 0 Å². The van der Waals surface area contributed by atoms with Crippen molar-refractivity contribution in [3.05, 3.63) is 371 Å². The Bertz CT molecular complexity index is 6910. The van der Waals surface area contributed by atoms with Gasteiger partial charge in [-0.1, -0.05) is 267 Å². The molecule has 15 aromatic carbocycles. The number of aromatic nitrogens is 1. The first-order valence-electron chi connectivity index (χ1n) is 36.6. The van der Waals surface area contributed by atoms with E-state index in [0.29, 0.717) is 44.5 Å². The normalized spacial score (nSPS) is 11.5. The van der Waals surface area contributed by atoms with Crippen LogP contribution in [-0.2, 0) is 5.41 Å². The van der Waals surface area contributed by atoms with E-state index in [2.05, 4.69) is 319 Å². The minimum absolute atomic E-state index is 0.344. The quantitative estimate of drug-likeness (QED) is 0.104. The first kappa shape index (κ1) is 68.5.